The van der Waals surface area contributed by atoms with Crippen LogP contribution in [-0.4, -0.2) is 18.5 Å². The van der Waals surface area contributed by atoms with E-state index < -0.39 is 11.3 Å². The van der Waals surface area contributed by atoms with Gasteiger partial charge >= 0.3 is 6.03 Å². The maximum absolute atomic E-state index is 13.6. The van der Waals surface area contributed by atoms with Gasteiger partial charge in [0.25, 0.3) is 0 Å². The first-order chi connectivity index (χ1) is 9.81. The number of carbonyl (C=O) groups excluding carboxylic acids is 2. The highest BCUT2D eigenvalue weighted by Gasteiger charge is 2.28. The molecule has 5 nitrogen and oxygen atoms in total. The number of nitrogens with two attached hydrogens (primary N) is 1. The van der Waals surface area contributed by atoms with Crippen LogP contribution in [0.1, 0.15) is 37.4 Å². The second kappa shape index (κ2) is 5.71. The first-order valence-electron chi connectivity index (χ1n) is 6.93. The van der Waals surface area contributed by atoms with Crippen molar-refractivity contribution in [3.63, 3.8) is 0 Å². The smallest absolute Gasteiger partial charge is 0.315 e. The molecule has 0 saturated heterocycles. The lowest BCUT2D eigenvalue weighted by Gasteiger charge is -2.22. The molecule has 114 valence electrons. The summed E-state index contributed by atoms with van der Waals surface area (Å²) in [6.45, 7) is 3.47. The van der Waals surface area contributed by atoms with Gasteiger partial charge in [-0.2, -0.15) is 0 Å². The zero-order valence-corrected chi connectivity index (χ0v) is 12.2. The molecular weight excluding hydrogens is 273 g/mol. The Bertz CT molecular complexity index is 572. The molecule has 0 heterocycles. The van der Waals surface area contributed by atoms with Crippen LogP contribution in [0.15, 0.2) is 18.2 Å². The summed E-state index contributed by atoms with van der Waals surface area (Å²) in [4.78, 5) is 23.1. The van der Waals surface area contributed by atoms with Crippen LogP contribution in [0.2, 0.25) is 0 Å². The minimum atomic E-state index is -0.809. The van der Waals surface area contributed by atoms with Crippen molar-refractivity contribution in [2.75, 3.05) is 6.54 Å². The highest BCUT2D eigenvalue weighted by Crippen LogP contribution is 2.32. The van der Waals surface area contributed by atoms with Crippen LogP contribution in [-0.2, 0) is 11.2 Å². The van der Waals surface area contributed by atoms with E-state index in [4.69, 9.17) is 5.73 Å². The largest absolute Gasteiger partial charge is 0.369 e. The third-order valence-electron chi connectivity index (χ3n) is 3.88. The number of halogens is 1. The van der Waals surface area contributed by atoms with Gasteiger partial charge in [-0.3, -0.25) is 4.79 Å². The van der Waals surface area contributed by atoms with Gasteiger partial charge < -0.3 is 16.4 Å². The summed E-state index contributed by atoms with van der Waals surface area (Å²) >= 11 is 0. The molecule has 0 spiro atoms. The SMILES string of the molecule is CC(C)(CNC(=O)NC1CCc2c(F)cccc21)C(N)=O. The lowest BCUT2D eigenvalue weighted by Crippen LogP contribution is -2.46. The van der Waals surface area contributed by atoms with Gasteiger partial charge in [-0.05, 0) is 43.9 Å². The molecule has 21 heavy (non-hydrogen) atoms. The van der Waals surface area contributed by atoms with Gasteiger partial charge in [0.15, 0.2) is 0 Å². The molecule has 1 aliphatic rings. The summed E-state index contributed by atoms with van der Waals surface area (Å²) < 4.78 is 13.6. The minimum Gasteiger partial charge on any atom is -0.369 e. The molecule has 3 amide bonds. The van der Waals surface area contributed by atoms with E-state index >= 15 is 0 Å². The Morgan fingerprint density at radius 2 is 2.14 bits per heavy atom. The zero-order valence-electron chi connectivity index (χ0n) is 12.2. The number of nitrogens with one attached hydrogen (secondary N) is 2. The van der Waals surface area contributed by atoms with Crippen LogP contribution < -0.4 is 16.4 Å². The number of urea groups is 1. The molecule has 0 aromatic heterocycles. The van der Waals surface area contributed by atoms with E-state index in [1.165, 1.54) is 6.07 Å². The first kappa shape index (κ1) is 15.3. The van der Waals surface area contributed by atoms with Crippen molar-refractivity contribution in [3.8, 4) is 0 Å². The average Bonchev–Trinajstić information content (AvgIpc) is 2.81. The van der Waals surface area contributed by atoms with Crippen molar-refractivity contribution in [2.45, 2.75) is 32.7 Å². The third kappa shape index (κ3) is 3.32. The molecule has 0 radical (unpaired) electrons. The third-order valence-corrected chi connectivity index (χ3v) is 3.88. The molecule has 1 aliphatic carbocycles. The number of benzene rings is 1. The van der Waals surface area contributed by atoms with Crippen molar-refractivity contribution < 1.29 is 14.0 Å². The van der Waals surface area contributed by atoms with E-state index in [0.717, 1.165) is 5.56 Å². The molecule has 1 aromatic carbocycles. The number of amides is 3. The Morgan fingerprint density at radius 3 is 2.81 bits per heavy atom. The van der Waals surface area contributed by atoms with E-state index in [1.54, 1.807) is 19.9 Å². The highest BCUT2D eigenvalue weighted by molar-refractivity contribution is 5.81. The van der Waals surface area contributed by atoms with E-state index in [2.05, 4.69) is 10.6 Å². The van der Waals surface area contributed by atoms with Gasteiger partial charge in [0.05, 0.1) is 11.5 Å². The van der Waals surface area contributed by atoms with E-state index in [0.29, 0.717) is 18.4 Å². The second-order valence-corrected chi connectivity index (χ2v) is 5.97. The maximum atomic E-state index is 13.6. The molecule has 1 aromatic rings. The number of hydrogen-bond acceptors (Lipinski definition) is 2. The molecule has 0 bridgehead atoms. The number of primary amides is 1. The normalized spacial score (nSPS) is 17.2. The van der Waals surface area contributed by atoms with E-state index in [-0.39, 0.29) is 24.4 Å². The number of carbonyl (C=O) groups is 2. The van der Waals surface area contributed by atoms with Gasteiger partial charge in [-0.15, -0.1) is 0 Å². The fourth-order valence-electron chi connectivity index (χ4n) is 2.36. The fourth-order valence-corrected chi connectivity index (χ4v) is 2.36. The average molecular weight is 293 g/mol. The van der Waals surface area contributed by atoms with Crippen molar-refractivity contribution in [1.82, 2.24) is 10.6 Å². The molecule has 6 heteroatoms. The van der Waals surface area contributed by atoms with E-state index in [1.807, 2.05) is 6.07 Å². The maximum Gasteiger partial charge on any atom is 0.315 e. The van der Waals surface area contributed by atoms with Gasteiger partial charge in [-0.25, -0.2) is 9.18 Å². The highest BCUT2D eigenvalue weighted by atomic mass is 19.1. The lowest BCUT2D eigenvalue weighted by molar-refractivity contribution is -0.125. The molecule has 2 rings (SSSR count). The van der Waals surface area contributed by atoms with Crippen LogP contribution in [0.3, 0.4) is 0 Å². The van der Waals surface area contributed by atoms with Crippen molar-refractivity contribution in [2.24, 2.45) is 11.1 Å². The van der Waals surface area contributed by atoms with Crippen LogP contribution >= 0.6 is 0 Å². The minimum absolute atomic E-state index is 0.150. The zero-order chi connectivity index (χ0) is 15.6. The van der Waals surface area contributed by atoms with Crippen LogP contribution in [0, 0.1) is 11.2 Å². The Balaban J connectivity index is 1.94. The summed E-state index contributed by atoms with van der Waals surface area (Å²) in [6.07, 6.45) is 1.28. The first-order valence-corrected chi connectivity index (χ1v) is 6.93. The number of hydrogen-bond donors (Lipinski definition) is 3. The van der Waals surface area contributed by atoms with Crippen molar-refractivity contribution >= 4 is 11.9 Å². The van der Waals surface area contributed by atoms with Crippen LogP contribution in [0.4, 0.5) is 9.18 Å². The lowest BCUT2D eigenvalue weighted by atomic mass is 9.93. The summed E-state index contributed by atoms with van der Waals surface area (Å²) in [5.41, 5.74) is 5.92. The van der Waals surface area contributed by atoms with Crippen molar-refractivity contribution in [1.29, 1.82) is 0 Å². The summed E-state index contributed by atoms with van der Waals surface area (Å²) in [5.74, 6) is -0.705. The Hall–Kier alpha value is -2.11. The molecule has 4 N–H and O–H groups in total. The van der Waals surface area contributed by atoms with E-state index in [9.17, 15) is 14.0 Å². The summed E-state index contributed by atoms with van der Waals surface area (Å²) in [5, 5.41) is 5.44. The molecule has 0 saturated carbocycles. The second-order valence-electron chi connectivity index (χ2n) is 5.97. The monoisotopic (exact) mass is 293 g/mol. The predicted molar refractivity (Wildman–Crippen MR) is 77.0 cm³/mol. The quantitative estimate of drug-likeness (QED) is 0.788. The Kier molecular flexibility index (Phi) is 4.16. The standard InChI is InChI=1S/C15H20FN3O2/c1-15(2,13(17)20)8-18-14(21)19-12-7-6-9-10(12)4-3-5-11(9)16/h3-5,12H,6-8H2,1-2H3,(H2,17,20)(H2,18,19,21). The van der Waals surface area contributed by atoms with Gasteiger partial charge in [0, 0.05) is 6.54 Å². The molecule has 1 atom stereocenters. The topological polar surface area (TPSA) is 84.2 Å². The summed E-state index contributed by atoms with van der Waals surface area (Å²) in [6, 6.07) is 4.31. The van der Waals surface area contributed by atoms with Crippen molar-refractivity contribution in [3.05, 3.63) is 35.1 Å². The van der Waals surface area contributed by atoms with Crippen LogP contribution in [0.25, 0.3) is 0 Å². The molecule has 0 fully saturated rings. The Morgan fingerprint density at radius 1 is 1.43 bits per heavy atom. The predicted octanol–water partition coefficient (Wildman–Crippen LogP) is 1.62. The molecule has 0 aliphatic heterocycles. The molecule has 1 unspecified atom stereocenters. The van der Waals surface area contributed by atoms with Gasteiger partial charge in [-0.1, -0.05) is 12.1 Å². The number of rotatable bonds is 4. The number of fused-ring (bicyclic) bond motifs is 1. The summed E-state index contributed by atoms with van der Waals surface area (Å²) in [7, 11) is 0. The van der Waals surface area contributed by atoms with Gasteiger partial charge in [0.2, 0.25) is 5.91 Å². The van der Waals surface area contributed by atoms with Crippen LogP contribution in [0.5, 0.6) is 0 Å². The Labute approximate surface area is 123 Å². The fraction of sp³-hybridized carbons (Fsp3) is 0.467. The molecular formula is C15H20FN3O2. The van der Waals surface area contributed by atoms with Gasteiger partial charge in [0.1, 0.15) is 5.82 Å².